The molecule has 0 aromatic carbocycles. The normalized spacial score (nSPS) is 18.3. The van der Waals surface area contributed by atoms with Crippen LogP contribution >= 0.6 is 0 Å². The molecule has 0 spiro atoms. The quantitative estimate of drug-likeness (QED) is 0.724. The first-order chi connectivity index (χ1) is 11.2. The standard InChI is InChI=1S/C14H26F3N3O4S/c1-13(2,3)20(12(21)22)10-11-4-7-19(8-5-11)9-6-18-25(23,24)14(15,16)17/h11,18H,4-10H2,1-3H3,(H,21,22). The summed E-state index contributed by atoms with van der Waals surface area (Å²) >= 11 is 0. The second-order valence-corrected chi connectivity index (χ2v) is 8.95. The number of likely N-dealkylation sites (tertiary alicyclic amines) is 1. The van der Waals surface area contributed by atoms with Crippen molar-refractivity contribution in [1.82, 2.24) is 14.5 Å². The lowest BCUT2D eigenvalue weighted by molar-refractivity contribution is -0.0448. The van der Waals surface area contributed by atoms with E-state index in [1.54, 1.807) is 4.72 Å². The zero-order valence-electron chi connectivity index (χ0n) is 14.6. The van der Waals surface area contributed by atoms with Crippen LogP contribution in [-0.4, -0.2) is 73.2 Å². The van der Waals surface area contributed by atoms with E-state index in [2.05, 4.69) is 0 Å². The molecule has 1 saturated heterocycles. The molecule has 0 atom stereocenters. The molecule has 1 aliphatic rings. The number of alkyl halides is 3. The Balaban J connectivity index is 2.41. The Morgan fingerprint density at radius 3 is 2.16 bits per heavy atom. The Morgan fingerprint density at radius 1 is 1.24 bits per heavy atom. The minimum absolute atomic E-state index is 0.179. The third-order valence-corrected chi connectivity index (χ3v) is 5.41. The van der Waals surface area contributed by atoms with E-state index in [0.29, 0.717) is 32.5 Å². The van der Waals surface area contributed by atoms with Crippen LogP contribution in [0.4, 0.5) is 18.0 Å². The topological polar surface area (TPSA) is 90.0 Å². The molecule has 1 aliphatic heterocycles. The van der Waals surface area contributed by atoms with Crippen LogP contribution < -0.4 is 4.72 Å². The first kappa shape index (κ1) is 22.0. The molecule has 1 rings (SSSR count). The smallest absolute Gasteiger partial charge is 0.465 e. The van der Waals surface area contributed by atoms with Gasteiger partial charge in [-0.3, -0.25) is 0 Å². The molecule has 0 unspecified atom stereocenters. The molecule has 0 bridgehead atoms. The third kappa shape index (κ3) is 6.63. The molecule has 0 saturated carbocycles. The SMILES string of the molecule is CC(C)(C)N(CC1CCN(CCNS(=O)(=O)C(F)(F)F)CC1)C(=O)O. The molecule has 1 amide bonds. The monoisotopic (exact) mass is 389 g/mol. The van der Waals surface area contributed by atoms with E-state index in [9.17, 15) is 31.5 Å². The summed E-state index contributed by atoms with van der Waals surface area (Å²) in [5, 5.41) is 9.31. The van der Waals surface area contributed by atoms with E-state index in [-0.39, 0.29) is 19.0 Å². The molecule has 0 aromatic rings. The van der Waals surface area contributed by atoms with Crippen LogP contribution in [0.15, 0.2) is 0 Å². The van der Waals surface area contributed by atoms with Gasteiger partial charge in [0, 0.05) is 25.2 Å². The van der Waals surface area contributed by atoms with E-state index in [4.69, 9.17) is 0 Å². The molecule has 1 heterocycles. The number of rotatable bonds is 6. The maximum atomic E-state index is 12.2. The van der Waals surface area contributed by atoms with E-state index in [1.807, 2.05) is 25.7 Å². The zero-order chi connectivity index (χ0) is 19.5. The number of sulfonamides is 1. The van der Waals surface area contributed by atoms with Crippen molar-refractivity contribution in [1.29, 1.82) is 0 Å². The molecule has 0 aliphatic carbocycles. The first-order valence-corrected chi connectivity index (χ1v) is 9.51. The Hall–Kier alpha value is -1.07. The summed E-state index contributed by atoms with van der Waals surface area (Å²) in [6.07, 6.45) is 0.453. The molecule has 148 valence electrons. The van der Waals surface area contributed by atoms with Crippen molar-refractivity contribution in [2.45, 2.75) is 44.7 Å². The Morgan fingerprint density at radius 2 is 1.76 bits per heavy atom. The van der Waals surface area contributed by atoms with Gasteiger partial charge in [0.05, 0.1) is 0 Å². The van der Waals surface area contributed by atoms with Crippen LogP contribution in [0, 0.1) is 5.92 Å². The third-order valence-electron chi connectivity index (χ3n) is 4.21. The summed E-state index contributed by atoms with van der Waals surface area (Å²) in [4.78, 5) is 14.6. The average Bonchev–Trinajstić information content (AvgIpc) is 2.43. The number of hydrogen-bond donors (Lipinski definition) is 2. The maximum absolute atomic E-state index is 12.2. The van der Waals surface area contributed by atoms with Crippen LogP contribution in [0.25, 0.3) is 0 Å². The van der Waals surface area contributed by atoms with Gasteiger partial charge in [-0.05, 0) is 52.6 Å². The predicted octanol–water partition coefficient (Wildman–Crippen LogP) is 1.92. The van der Waals surface area contributed by atoms with Crippen molar-refractivity contribution >= 4 is 16.1 Å². The van der Waals surface area contributed by atoms with Gasteiger partial charge in [-0.2, -0.15) is 13.2 Å². The summed E-state index contributed by atoms with van der Waals surface area (Å²) in [6.45, 7) is 6.94. The highest BCUT2D eigenvalue weighted by atomic mass is 32.2. The average molecular weight is 389 g/mol. The van der Waals surface area contributed by atoms with Gasteiger partial charge in [0.15, 0.2) is 0 Å². The van der Waals surface area contributed by atoms with E-state index in [1.165, 1.54) is 4.90 Å². The largest absolute Gasteiger partial charge is 0.511 e. The maximum Gasteiger partial charge on any atom is 0.511 e. The van der Waals surface area contributed by atoms with Crippen molar-refractivity contribution in [2.75, 3.05) is 32.7 Å². The molecule has 2 N–H and O–H groups in total. The summed E-state index contributed by atoms with van der Waals surface area (Å²) < 4.78 is 60.0. The van der Waals surface area contributed by atoms with Crippen LogP contribution in [0.2, 0.25) is 0 Å². The van der Waals surface area contributed by atoms with Gasteiger partial charge in [0.25, 0.3) is 0 Å². The van der Waals surface area contributed by atoms with Gasteiger partial charge in [-0.15, -0.1) is 0 Å². The number of halogens is 3. The van der Waals surface area contributed by atoms with Gasteiger partial charge in [-0.25, -0.2) is 17.9 Å². The lowest BCUT2D eigenvalue weighted by atomic mass is 9.94. The summed E-state index contributed by atoms with van der Waals surface area (Å²) in [5.74, 6) is 0.179. The van der Waals surface area contributed by atoms with Crippen molar-refractivity contribution < 1.29 is 31.5 Å². The van der Waals surface area contributed by atoms with E-state index in [0.717, 1.165) is 0 Å². The molecule has 0 aromatic heterocycles. The zero-order valence-corrected chi connectivity index (χ0v) is 15.5. The fourth-order valence-electron chi connectivity index (χ4n) is 2.71. The predicted molar refractivity (Wildman–Crippen MR) is 86.6 cm³/mol. The van der Waals surface area contributed by atoms with Gasteiger partial charge in [0.1, 0.15) is 0 Å². The van der Waals surface area contributed by atoms with Gasteiger partial charge < -0.3 is 14.9 Å². The van der Waals surface area contributed by atoms with Gasteiger partial charge in [0.2, 0.25) is 0 Å². The van der Waals surface area contributed by atoms with Crippen molar-refractivity contribution in [3.05, 3.63) is 0 Å². The number of amides is 1. The fraction of sp³-hybridized carbons (Fsp3) is 0.929. The second kappa shape index (κ2) is 8.09. The summed E-state index contributed by atoms with van der Waals surface area (Å²) in [7, 11) is -5.30. The summed E-state index contributed by atoms with van der Waals surface area (Å²) in [6, 6.07) is 0. The fourth-order valence-corrected chi connectivity index (χ4v) is 3.23. The molecule has 7 nitrogen and oxygen atoms in total. The number of piperidine rings is 1. The van der Waals surface area contributed by atoms with Gasteiger partial charge >= 0.3 is 21.6 Å². The highest BCUT2D eigenvalue weighted by Gasteiger charge is 2.45. The van der Waals surface area contributed by atoms with E-state index >= 15 is 0 Å². The van der Waals surface area contributed by atoms with Crippen molar-refractivity contribution in [3.63, 3.8) is 0 Å². The minimum Gasteiger partial charge on any atom is -0.465 e. The lowest BCUT2D eigenvalue weighted by Crippen LogP contribution is -2.49. The number of carbonyl (C=O) groups is 1. The number of nitrogens with one attached hydrogen (secondary N) is 1. The Labute approximate surface area is 146 Å². The van der Waals surface area contributed by atoms with Crippen molar-refractivity contribution in [3.8, 4) is 0 Å². The number of nitrogens with zero attached hydrogens (tertiary/aromatic N) is 2. The van der Waals surface area contributed by atoms with Gasteiger partial charge in [-0.1, -0.05) is 0 Å². The van der Waals surface area contributed by atoms with Crippen LogP contribution in [0.1, 0.15) is 33.6 Å². The summed E-state index contributed by atoms with van der Waals surface area (Å²) in [5.41, 5.74) is -5.80. The Kier molecular flexibility index (Phi) is 7.11. The molecule has 1 fully saturated rings. The molecule has 25 heavy (non-hydrogen) atoms. The van der Waals surface area contributed by atoms with Crippen LogP contribution in [0.3, 0.4) is 0 Å². The Bertz CT molecular complexity index is 553. The number of hydrogen-bond acceptors (Lipinski definition) is 4. The molecule has 0 radical (unpaired) electrons. The molecular formula is C14H26F3N3O4S. The lowest BCUT2D eigenvalue weighted by Gasteiger charge is -2.39. The van der Waals surface area contributed by atoms with E-state index < -0.39 is 27.2 Å². The van der Waals surface area contributed by atoms with Crippen molar-refractivity contribution in [2.24, 2.45) is 5.92 Å². The highest BCUT2D eigenvalue weighted by Crippen LogP contribution is 2.23. The molecular weight excluding hydrogens is 363 g/mol. The number of carboxylic acid groups (broad SMARTS) is 1. The van der Waals surface area contributed by atoms with Crippen LogP contribution in [-0.2, 0) is 10.0 Å². The second-order valence-electron chi connectivity index (χ2n) is 7.19. The first-order valence-electron chi connectivity index (χ1n) is 8.03. The van der Waals surface area contributed by atoms with Crippen LogP contribution in [0.5, 0.6) is 0 Å². The molecule has 11 heteroatoms. The minimum atomic E-state index is -5.30. The highest BCUT2D eigenvalue weighted by molar-refractivity contribution is 7.90.